The van der Waals surface area contributed by atoms with Crippen molar-refractivity contribution in [2.24, 2.45) is 0 Å². The summed E-state index contributed by atoms with van der Waals surface area (Å²) >= 11 is 0. The van der Waals surface area contributed by atoms with Crippen molar-refractivity contribution in [3.8, 4) is 5.69 Å². The van der Waals surface area contributed by atoms with Crippen molar-refractivity contribution in [2.75, 3.05) is 5.73 Å². The van der Waals surface area contributed by atoms with E-state index < -0.39 is 17.7 Å². The van der Waals surface area contributed by atoms with Gasteiger partial charge in [0, 0.05) is 5.69 Å². The maximum Gasteiger partial charge on any atom is 0.416 e. The van der Waals surface area contributed by atoms with Crippen LogP contribution in [-0.2, 0) is 10.9 Å². The second kappa shape index (κ2) is 7.57. The summed E-state index contributed by atoms with van der Waals surface area (Å²) < 4.78 is 46.6. The Kier molecular flexibility index (Phi) is 5.04. The molecule has 2 N–H and O–H groups in total. The lowest BCUT2D eigenvalue weighted by Gasteiger charge is -2.12. The van der Waals surface area contributed by atoms with Gasteiger partial charge in [-0.05, 0) is 43.7 Å². The number of nitrogens with zero attached hydrogens (tertiary/aromatic N) is 3. The Morgan fingerprint density at radius 1 is 1.13 bits per heavy atom. The molecule has 0 bridgehead atoms. The van der Waals surface area contributed by atoms with E-state index in [1.807, 2.05) is 6.92 Å². The van der Waals surface area contributed by atoms with Crippen molar-refractivity contribution in [1.29, 1.82) is 0 Å². The number of ether oxygens (including phenoxy) is 1. The number of hydrogen-bond donors (Lipinski definition) is 1. The number of aromatic nitrogens is 3. The van der Waals surface area contributed by atoms with Gasteiger partial charge in [0.2, 0.25) is 0 Å². The Labute approximate surface area is 175 Å². The zero-order valence-corrected chi connectivity index (χ0v) is 16.8. The summed E-state index contributed by atoms with van der Waals surface area (Å²) in [5, 5.41) is 0. The van der Waals surface area contributed by atoms with Gasteiger partial charge in [-0.3, -0.25) is 4.57 Å². The molecule has 1 unspecified atom stereocenters. The first-order chi connectivity index (χ1) is 14.7. The molecule has 4 rings (SSSR count). The van der Waals surface area contributed by atoms with Crippen molar-refractivity contribution in [3.05, 3.63) is 59.7 Å². The van der Waals surface area contributed by atoms with Gasteiger partial charge >= 0.3 is 12.1 Å². The second-order valence-electron chi connectivity index (χ2n) is 7.15. The van der Waals surface area contributed by atoms with Crippen LogP contribution in [0.25, 0.3) is 27.9 Å². The molecule has 2 aromatic carbocycles. The minimum atomic E-state index is -4.54. The van der Waals surface area contributed by atoms with Gasteiger partial charge in [-0.25, -0.2) is 14.8 Å². The second-order valence-corrected chi connectivity index (χ2v) is 7.15. The van der Waals surface area contributed by atoms with Crippen LogP contribution in [0.2, 0.25) is 0 Å². The Balaban J connectivity index is 2.02. The first kappa shape index (κ1) is 20.6. The van der Waals surface area contributed by atoms with Crippen molar-refractivity contribution in [2.45, 2.75) is 32.5 Å². The number of rotatable bonds is 4. The van der Waals surface area contributed by atoms with E-state index in [0.29, 0.717) is 17.5 Å². The van der Waals surface area contributed by atoms with Crippen LogP contribution < -0.4 is 5.73 Å². The zero-order chi connectivity index (χ0) is 22.3. The minimum Gasteiger partial charge on any atom is -0.459 e. The number of carbonyl (C=O) groups is 1. The predicted octanol–water partition coefficient (Wildman–Crippen LogP) is 5.13. The van der Waals surface area contributed by atoms with E-state index in [2.05, 4.69) is 9.97 Å². The van der Waals surface area contributed by atoms with Crippen LogP contribution in [0.3, 0.4) is 0 Å². The largest absolute Gasteiger partial charge is 0.459 e. The third-order valence-corrected chi connectivity index (χ3v) is 5.02. The molecule has 0 aliphatic carbocycles. The average Bonchev–Trinajstić information content (AvgIpc) is 3.02. The molecule has 2 heterocycles. The molecule has 0 aliphatic heterocycles. The highest BCUT2D eigenvalue weighted by atomic mass is 19.4. The number of alkyl halides is 3. The molecule has 4 aromatic rings. The Bertz CT molecular complexity index is 1300. The van der Waals surface area contributed by atoms with Crippen LogP contribution in [0.5, 0.6) is 0 Å². The number of para-hydroxylation sites is 2. The Hall–Kier alpha value is -3.62. The van der Waals surface area contributed by atoms with E-state index >= 15 is 0 Å². The van der Waals surface area contributed by atoms with Crippen LogP contribution in [0, 0.1) is 0 Å². The van der Waals surface area contributed by atoms with Crippen LogP contribution in [-0.4, -0.2) is 26.6 Å². The van der Waals surface area contributed by atoms with Gasteiger partial charge in [0.1, 0.15) is 16.9 Å². The lowest BCUT2D eigenvalue weighted by molar-refractivity contribution is -0.137. The fourth-order valence-corrected chi connectivity index (χ4v) is 3.27. The molecule has 160 valence electrons. The van der Waals surface area contributed by atoms with Crippen LogP contribution in [0.1, 0.15) is 36.2 Å². The molecule has 0 fully saturated rings. The molecule has 6 nitrogen and oxygen atoms in total. The van der Waals surface area contributed by atoms with E-state index in [0.717, 1.165) is 12.1 Å². The standard InChI is InChI=1S/C22H19F3N4O2/c1-3-12(2)31-21(30)17-18-20(28-16-10-5-4-9-15(16)27-18)29(19(17)26)14-8-6-7-13(11-14)22(23,24)25/h4-12H,3,26H2,1-2H3. The molecule has 0 spiro atoms. The van der Waals surface area contributed by atoms with Crippen molar-refractivity contribution < 1.29 is 22.7 Å². The van der Waals surface area contributed by atoms with Crippen LogP contribution in [0.15, 0.2) is 48.5 Å². The lowest BCUT2D eigenvalue weighted by Crippen LogP contribution is -2.15. The quantitative estimate of drug-likeness (QED) is 0.456. The minimum absolute atomic E-state index is 0.0223. The van der Waals surface area contributed by atoms with E-state index in [1.54, 1.807) is 31.2 Å². The molecule has 1 atom stereocenters. The predicted molar refractivity (Wildman–Crippen MR) is 111 cm³/mol. The van der Waals surface area contributed by atoms with E-state index in [4.69, 9.17) is 10.5 Å². The van der Waals surface area contributed by atoms with Gasteiger partial charge in [0.15, 0.2) is 5.65 Å². The van der Waals surface area contributed by atoms with Crippen LogP contribution in [0.4, 0.5) is 19.0 Å². The Morgan fingerprint density at radius 2 is 1.81 bits per heavy atom. The Morgan fingerprint density at radius 3 is 2.45 bits per heavy atom. The summed E-state index contributed by atoms with van der Waals surface area (Å²) in [5.74, 6) is -0.787. The highest BCUT2D eigenvalue weighted by Crippen LogP contribution is 2.35. The zero-order valence-electron chi connectivity index (χ0n) is 16.8. The molecule has 0 aliphatic rings. The number of carbonyl (C=O) groups excluding carboxylic acids is 1. The summed E-state index contributed by atoms with van der Waals surface area (Å²) in [7, 11) is 0. The van der Waals surface area contributed by atoms with E-state index in [-0.39, 0.29) is 34.3 Å². The van der Waals surface area contributed by atoms with Gasteiger partial charge in [-0.1, -0.05) is 25.1 Å². The third kappa shape index (κ3) is 3.67. The maximum absolute atomic E-state index is 13.3. The van der Waals surface area contributed by atoms with Crippen molar-refractivity contribution in [3.63, 3.8) is 0 Å². The first-order valence-electron chi connectivity index (χ1n) is 9.66. The number of fused-ring (bicyclic) bond motifs is 2. The molecule has 9 heteroatoms. The number of esters is 1. The monoisotopic (exact) mass is 428 g/mol. The van der Waals surface area contributed by atoms with Crippen LogP contribution >= 0.6 is 0 Å². The molecule has 0 saturated carbocycles. The van der Waals surface area contributed by atoms with Gasteiger partial charge in [-0.2, -0.15) is 13.2 Å². The van der Waals surface area contributed by atoms with Gasteiger partial charge < -0.3 is 10.5 Å². The summed E-state index contributed by atoms with van der Waals surface area (Å²) in [6.45, 7) is 3.60. The summed E-state index contributed by atoms with van der Waals surface area (Å²) in [6, 6.07) is 11.6. The molecular formula is C22H19F3N4O2. The van der Waals surface area contributed by atoms with Gasteiger partial charge in [0.05, 0.1) is 22.7 Å². The average molecular weight is 428 g/mol. The van der Waals surface area contributed by atoms with Gasteiger partial charge in [0.25, 0.3) is 0 Å². The van der Waals surface area contributed by atoms with Gasteiger partial charge in [-0.15, -0.1) is 0 Å². The third-order valence-electron chi connectivity index (χ3n) is 5.02. The fourth-order valence-electron chi connectivity index (χ4n) is 3.27. The van der Waals surface area contributed by atoms with E-state index in [1.165, 1.54) is 16.7 Å². The molecule has 0 amide bonds. The molecule has 0 saturated heterocycles. The summed E-state index contributed by atoms with van der Waals surface area (Å²) in [6.07, 6.45) is -4.32. The first-order valence-corrected chi connectivity index (χ1v) is 9.66. The topological polar surface area (TPSA) is 83.0 Å². The highest BCUT2D eigenvalue weighted by Gasteiger charge is 2.32. The number of nitrogens with two attached hydrogens (primary N) is 1. The number of hydrogen-bond acceptors (Lipinski definition) is 5. The number of halogens is 3. The summed E-state index contributed by atoms with van der Waals surface area (Å²) in [4.78, 5) is 22.0. The summed E-state index contributed by atoms with van der Waals surface area (Å²) in [5.41, 5.74) is 6.92. The number of benzene rings is 2. The fraction of sp³-hybridized carbons (Fsp3) is 0.227. The molecule has 31 heavy (non-hydrogen) atoms. The van der Waals surface area contributed by atoms with Crippen molar-refractivity contribution in [1.82, 2.24) is 14.5 Å². The van der Waals surface area contributed by atoms with Crippen molar-refractivity contribution >= 4 is 34.0 Å². The molecular weight excluding hydrogens is 409 g/mol. The van der Waals surface area contributed by atoms with E-state index in [9.17, 15) is 18.0 Å². The highest BCUT2D eigenvalue weighted by molar-refractivity contribution is 6.09. The smallest absolute Gasteiger partial charge is 0.416 e. The maximum atomic E-state index is 13.3. The number of anilines is 1. The SMILES string of the molecule is CCC(C)OC(=O)c1c(N)n(-c2cccc(C(F)(F)F)c2)c2nc3ccccc3nc12. The lowest BCUT2D eigenvalue weighted by atomic mass is 10.2. The number of nitrogen functional groups attached to an aromatic ring is 1. The normalized spacial score (nSPS) is 12.9. The molecule has 2 aromatic heterocycles. The molecule has 0 radical (unpaired) electrons.